The third kappa shape index (κ3) is 2.63. The van der Waals surface area contributed by atoms with E-state index in [0.717, 1.165) is 12.0 Å². The molecule has 54 valence electrons. The number of aliphatic hydroxyl groups excluding tert-OH is 1. The molecular weight excluding hydrogens is 114 g/mol. The van der Waals surface area contributed by atoms with E-state index in [9.17, 15) is 0 Å². The first-order chi connectivity index (χ1) is 4.09. The molecule has 1 unspecified atom stereocenters. The summed E-state index contributed by atoms with van der Waals surface area (Å²) in [6.07, 6.45) is 0.365. The van der Waals surface area contributed by atoms with Gasteiger partial charge in [0, 0.05) is 0 Å². The molecule has 0 aromatic heterocycles. The van der Waals surface area contributed by atoms with E-state index in [4.69, 9.17) is 10.8 Å². The van der Waals surface area contributed by atoms with Gasteiger partial charge in [-0.25, -0.2) is 0 Å². The van der Waals surface area contributed by atoms with E-state index in [-0.39, 0.29) is 6.04 Å². The highest BCUT2D eigenvalue weighted by Gasteiger charge is 2.10. The summed E-state index contributed by atoms with van der Waals surface area (Å²) < 4.78 is 0. The zero-order chi connectivity index (χ0) is 7.44. The van der Waals surface area contributed by atoms with Crippen molar-refractivity contribution in [2.45, 2.75) is 32.4 Å². The van der Waals surface area contributed by atoms with E-state index >= 15 is 0 Å². The van der Waals surface area contributed by atoms with E-state index in [0.29, 0.717) is 0 Å². The van der Waals surface area contributed by atoms with E-state index in [1.807, 2.05) is 6.92 Å². The molecule has 0 amide bonds. The Morgan fingerprint density at radius 1 is 1.78 bits per heavy atom. The van der Waals surface area contributed by atoms with Gasteiger partial charge in [0.05, 0.1) is 12.1 Å². The van der Waals surface area contributed by atoms with Crippen LogP contribution in [0.3, 0.4) is 0 Å². The van der Waals surface area contributed by atoms with Crippen molar-refractivity contribution in [3.63, 3.8) is 0 Å². The van der Waals surface area contributed by atoms with Crippen LogP contribution in [0.4, 0.5) is 0 Å². The second-order valence-corrected chi connectivity index (χ2v) is 2.28. The molecule has 0 aliphatic carbocycles. The predicted octanol–water partition coefficient (Wildman–Crippen LogP) is 0.661. The molecular formula is C7H15NO. The maximum Gasteiger partial charge on any atom is 0.0701 e. The lowest BCUT2D eigenvalue weighted by molar-refractivity contribution is 0.175. The minimum Gasteiger partial charge on any atom is -0.391 e. The van der Waals surface area contributed by atoms with Gasteiger partial charge in [-0.1, -0.05) is 19.1 Å². The fourth-order valence-corrected chi connectivity index (χ4v) is 0.577. The predicted molar refractivity (Wildman–Crippen MR) is 39.1 cm³/mol. The molecule has 2 heteroatoms. The molecule has 0 heterocycles. The average molecular weight is 129 g/mol. The quantitative estimate of drug-likeness (QED) is 0.550. The maximum absolute atomic E-state index is 8.94. The van der Waals surface area contributed by atoms with Crippen LogP contribution < -0.4 is 5.73 Å². The van der Waals surface area contributed by atoms with Gasteiger partial charge < -0.3 is 10.8 Å². The van der Waals surface area contributed by atoms with Crippen molar-refractivity contribution in [3.05, 3.63) is 12.2 Å². The van der Waals surface area contributed by atoms with Gasteiger partial charge in [0.25, 0.3) is 0 Å². The highest BCUT2D eigenvalue weighted by atomic mass is 16.3. The second kappa shape index (κ2) is 3.64. The van der Waals surface area contributed by atoms with Crippen LogP contribution in [0, 0.1) is 0 Å². The second-order valence-electron chi connectivity index (χ2n) is 2.28. The molecule has 0 aliphatic heterocycles. The van der Waals surface area contributed by atoms with Crippen molar-refractivity contribution in [2.24, 2.45) is 5.73 Å². The van der Waals surface area contributed by atoms with Gasteiger partial charge in [-0.05, 0) is 13.3 Å². The van der Waals surface area contributed by atoms with Gasteiger partial charge in [0.2, 0.25) is 0 Å². The fraction of sp³-hybridized carbons (Fsp3) is 0.714. The molecule has 0 saturated carbocycles. The summed E-state index contributed by atoms with van der Waals surface area (Å²) in [6, 6.07) is -0.255. The van der Waals surface area contributed by atoms with Gasteiger partial charge in [-0.3, -0.25) is 0 Å². The lowest BCUT2D eigenvalue weighted by atomic mass is 10.0. The largest absolute Gasteiger partial charge is 0.391 e. The molecule has 0 aromatic rings. The SMILES string of the molecule is C=C(CC)[C@@H](N)C(C)O. The van der Waals surface area contributed by atoms with Crippen molar-refractivity contribution in [3.8, 4) is 0 Å². The molecule has 0 aromatic carbocycles. The number of rotatable bonds is 3. The molecule has 9 heavy (non-hydrogen) atoms. The highest BCUT2D eigenvalue weighted by molar-refractivity contribution is 5.05. The fourth-order valence-electron chi connectivity index (χ4n) is 0.577. The third-order valence-electron chi connectivity index (χ3n) is 1.45. The zero-order valence-corrected chi connectivity index (χ0v) is 6.09. The van der Waals surface area contributed by atoms with Crippen molar-refractivity contribution in [1.82, 2.24) is 0 Å². The highest BCUT2D eigenvalue weighted by Crippen LogP contribution is 2.04. The summed E-state index contributed by atoms with van der Waals surface area (Å²) >= 11 is 0. The summed E-state index contributed by atoms with van der Waals surface area (Å²) in [7, 11) is 0. The molecule has 0 radical (unpaired) electrons. The van der Waals surface area contributed by atoms with Gasteiger partial charge in [-0.15, -0.1) is 0 Å². The first-order valence-electron chi connectivity index (χ1n) is 3.21. The smallest absolute Gasteiger partial charge is 0.0701 e. The minimum atomic E-state index is -0.475. The number of aliphatic hydroxyl groups is 1. The van der Waals surface area contributed by atoms with Crippen molar-refractivity contribution < 1.29 is 5.11 Å². The summed E-state index contributed by atoms with van der Waals surface area (Å²) in [5, 5.41) is 8.94. The van der Waals surface area contributed by atoms with Crippen molar-refractivity contribution in [1.29, 1.82) is 0 Å². The molecule has 0 saturated heterocycles. The molecule has 2 nitrogen and oxygen atoms in total. The molecule has 0 aliphatic rings. The first-order valence-corrected chi connectivity index (χ1v) is 3.21. The van der Waals surface area contributed by atoms with Crippen LogP contribution in [0.1, 0.15) is 20.3 Å². The van der Waals surface area contributed by atoms with Crippen LogP contribution in [0.15, 0.2) is 12.2 Å². The first kappa shape index (κ1) is 8.66. The lowest BCUT2D eigenvalue weighted by Gasteiger charge is -2.15. The Labute approximate surface area is 56.4 Å². The van der Waals surface area contributed by atoms with Crippen LogP contribution in [-0.4, -0.2) is 17.3 Å². The van der Waals surface area contributed by atoms with E-state index in [2.05, 4.69) is 6.58 Å². The van der Waals surface area contributed by atoms with Gasteiger partial charge >= 0.3 is 0 Å². The molecule has 0 spiro atoms. The van der Waals surface area contributed by atoms with Gasteiger partial charge in [0.15, 0.2) is 0 Å². The molecule has 0 rings (SSSR count). The number of nitrogens with two attached hydrogens (primary N) is 1. The lowest BCUT2D eigenvalue weighted by Crippen LogP contribution is -2.33. The van der Waals surface area contributed by atoms with E-state index in [1.165, 1.54) is 0 Å². The summed E-state index contributed by atoms with van der Waals surface area (Å²) in [6.45, 7) is 7.36. The molecule has 3 N–H and O–H groups in total. The van der Waals surface area contributed by atoms with Crippen molar-refractivity contribution in [2.75, 3.05) is 0 Å². The Kier molecular flexibility index (Phi) is 3.50. The normalized spacial score (nSPS) is 16.9. The summed E-state index contributed by atoms with van der Waals surface area (Å²) in [5.41, 5.74) is 6.43. The molecule has 0 fully saturated rings. The van der Waals surface area contributed by atoms with Crippen LogP contribution in [-0.2, 0) is 0 Å². The van der Waals surface area contributed by atoms with Gasteiger partial charge in [-0.2, -0.15) is 0 Å². The maximum atomic E-state index is 8.94. The van der Waals surface area contributed by atoms with Gasteiger partial charge in [0.1, 0.15) is 0 Å². The molecule has 0 bridgehead atoms. The van der Waals surface area contributed by atoms with E-state index in [1.54, 1.807) is 6.92 Å². The van der Waals surface area contributed by atoms with Crippen LogP contribution in [0.25, 0.3) is 0 Å². The number of hydrogen-bond donors (Lipinski definition) is 2. The minimum absolute atomic E-state index is 0.255. The Hall–Kier alpha value is -0.340. The Morgan fingerprint density at radius 3 is 2.33 bits per heavy atom. The zero-order valence-electron chi connectivity index (χ0n) is 6.09. The number of hydrogen-bond acceptors (Lipinski definition) is 2. The monoisotopic (exact) mass is 129 g/mol. The van der Waals surface area contributed by atoms with Crippen molar-refractivity contribution >= 4 is 0 Å². The average Bonchev–Trinajstić information content (AvgIpc) is 1.84. The topological polar surface area (TPSA) is 46.2 Å². The summed E-state index contributed by atoms with van der Waals surface area (Å²) in [4.78, 5) is 0. The third-order valence-corrected chi connectivity index (χ3v) is 1.45. The Balaban J connectivity index is 3.72. The van der Waals surface area contributed by atoms with Crippen LogP contribution >= 0.6 is 0 Å². The Morgan fingerprint density at radius 2 is 2.22 bits per heavy atom. The Bertz CT molecular complexity index is 99.1. The standard InChI is InChI=1S/C7H15NO/c1-4-5(2)7(8)6(3)9/h6-7,9H,2,4,8H2,1,3H3/t6?,7-/m1/s1. The molecule has 2 atom stereocenters. The van der Waals surface area contributed by atoms with E-state index < -0.39 is 6.10 Å². The summed E-state index contributed by atoms with van der Waals surface area (Å²) in [5.74, 6) is 0. The van der Waals surface area contributed by atoms with Crippen LogP contribution in [0.2, 0.25) is 0 Å². The van der Waals surface area contributed by atoms with Crippen LogP contribution in [0.5, 0.6) is 0 Å².